The number of aromatic nitrogens is 1. The fourth-order valence-electron chi connectivity index (χ4n) is 3.07. The molecule has 1 aromatic heterocycles. The van der Waals surface area contributed by atoms with E-state index < -0.39 is 15.8 Å². The summed E-state index contributed by atoms with van der Waals surface area (Å²) in [5, 5.41) is 2.90. The van der Waals surface area contributed by atoms with Crippen molar-refractivity contribution in [3.05, 3.63) is 28.7 Å². The minimum absolute atomic E-state index is 0.0317. The predicted octanol–water partition coefficient (Wildman–Crippen LogP) is 1.19. The minimum Gasteiger partial charge on any atom is -0.408 e. The van der Waals surface area contributed by atoms with Crippen LogP contribution in [0.15, 0.2) is 32.3 Å². The summed E-state index contributed by atoms with van der Waals surface area (Å²) in [6.07, 6.45) is 5.22. The lowest BCUT2D eigenvalue weighted by Crippen LogP contribution is -2.43. The van der Waals surface area contributed by atoms with Crippen molar-refractivity contribution in [1.82, 2.24) is 14.6 Å². The fraction of sp³-hybridized carbons (Fsp3) is 0.500. The summed E-state index contributed by atoms with van der Waals surface area (Å²) in [5.41, 5.74) is 0.577. The van der Waals surface area contributed by atoms with Crippen LogP contribution in [0, 0.1) is 0 Å². The number of carbonyl (C=O) groups excluding carboxylic acids is 1. The molecule has 1 aliphatic rings. The van der Waals surface area contributed by atoms with Gasteiger partial charge in [0.2, 0.25) is 15.9 Å². The summed E-state index contributed by atoms with van der Waals surface area (Å²) in [7, 11) is -2.51. The van der Waals surface area contributed by atoms with Gasteiger partial charge in [0, 0.05) is 19.2 Å². The highest BCUT2D eigenvalue weighted by Crippen LogP contribution is 2.20. The van der Waals surface area contributed by atoms with Crippen molar-refractivity contribution < 1.29 is 17.6 Å². The van der Waals surface area contributed by atoms with Crippen molar-refractivity contribution in [3.8, 4) is 0 Å². The maximum Gasteiger partial charge on any atom is 0.417 e. The number of H-pyrrole nitrogens is 1. The summed E-state index contributed by atoms with van der Waals surface area (Å²) in [4.78, 5) is 25.7. The second kappa shape index (κ2) is 7.01. The number of hydrogen-bond acceptors (Lipinski definition) is 5. The summed E-state index contributed by atoms with van der Waals surface area (Å²) in [5.74, 6) is -0.961. The van der Waals surface area contributed by atoms with Crippen molar-refractivity contribution in [2.24, 2.45) is 0 Å². The fourth-order valence-corrected chi connectivity index (χ4v) is 4.22. The normalized spacial score (nSPS) is 16.4. The highest BCUT2D eigenvalue weighted by atomic mass is 32.2. The zero-order valence-electron chi connectivity index (χ0n) is 13.9. The lowest BCUT2D eigenvalue weighted by molar-refractivity contribution is -0.122. The number of sulfonamides is 1. The number of nitrogens with one attached hydrogen (secondary N) is 2. The SMILES string of the molecule is CN(CC(=O)NC1CCCCC1)S(=O)(=O)c1ccc2[nH]c(=O)oc2c1. The molecule has 0 bridgehead atoms. The van der Waals surface area contributed by atoms with E-state index in [9.17, 15) is 18.0 Å². The van der Waals surface area contributed by atoms with Crippen LogP contribution in [0.1, 0.15) is 32.1 Å². The molecule has 1 amide bonds. The van der Waals surface area contributed by atoms with Gasteiger partial charge < -0.3 is 9.73 Å². The molecule has 1 aliphatic carbocycles. The molecule has 9 heteroatoms. The van der Waals surface area contributed by atoms with Crippen LogP contribution in [0.5, 0.6) is 0 Å². The first-order valence-electron chi connectivity index (χ1n) is 8.25. The Morgan fingerprint density at radius 3 is 2.76 bits per heavy atom. The second-order valence-corrected chi connectivity index (χ2v) is 8.38. The van der Waals surface area contributed by atoms with Crippen molar-refractivity contribution in [1.29, 1.82) is 0 Å². The molecule has 0 saturated heterocycles. The van der Waals surface area contributed by atoms with Gasteiger partial charge in [0.25, 0.3) is 0 Å². The van der Waals surface area contributed by atoms with Crippen molar-refractivity contribution in [2.45, 2.75) is 43.0 Å². The monoisotopic (exact) mass is 367 g/mol. The van der Waals surface area contributed by atoms with Gasteiger partial charge in [-0.15, -0.1) is 0 Å². The first-order chi connectivity index (χ1) is 11.9. The zero-order valence-corrected chi connectivity index (χ0v) is 14.8. The predicted molar refractivity (Wildman–Crippen MR) is 91.7 cm³/mol. The number of nitrogens with zero attached hydrogens (tertiary/aromatic N) is 1. The number of fused-ring (bicyclic) bond motifs is 1. The molecule has 1 heterocycles. The molecule has 1 fully saturated rings. The van der Waals surface area contributed by atoms with Gasteiger partial charge in [-0.2, -0.15) is 4.31 Å². The minimum atomic E-state index is -3.86. The summed E-state index contributed by atoms with van der Waals surface area (Å²) in [6, 6.07) is 4.24. The molecule has 0 radical (unpaired) electrons. The third-order valence-electron chi connectivity index (χ3n) is 4.44. The van der Waals surface area contributed by atoms with E-state index in [1.807, 2.05) is 0 Å². The molecule has 25 heavy (non-hydrogen) atoms. The molecule has 0 atom stereocenters. The molecule has 136 valence electrons. The number of benzene rings is 1. The zero-order chi connectivity index (χ0) is 18.0. The molecule has 0 spiro atoms. The summed E-state index contributed by atoms with van der Waals surface area (Å²) in [6.45, 7) is -0.256. The molecule has 0 unspecified atom stereocenters. The Bertz CT molecular complexity index is 925. The van der Waals surface area contributed by atoms with Gasteiger partial charge in [0.1, 0.15) is 0 Å². The lowest BCUT2D eigenvalue weighted by Gasteiger charge is -2.24. The number of rotatable bonds is 5. The first kappa shape index (κ1) is 17.7. The van der Waals surface area contributed by atoms with Gasteiger partial charge in [-0.25, -0.2) is 13.2 Å². The van der Waals surface area contributed by atoms with Gasteiger partial charge >= 0.3 is 5.76 Å². The van der Waals surface area contributed by atoms with E-state index in [1.54, 1.807) is 0 Å². The van der Waals surface area contributed by atoms with Gasteiger partial charge in [0.05, 0.1) is 17.0 Å². The standard InChI is InChI=1S/C16H21N3O5S/c1-19(10-15(20)17-11-5-3-2-4-6-11)25(22,23)12-7-8-13-14(9-12)24-16(21)18-13/h7-9,11H,2-6,10H2,1H3,(H,17,20)(H,18,21). The molecule has 2 N–H and O–H groups in total. The van der Waals surface area contributed by atoms with E-state index in [0.29, 0.717) is 5.52 Å². The Hall–Kier alpha value is -2.13. The van der Waals surface area contributed by atoms with E-state index in [1.165, 1.54) is 31.7 Å². The average Bonchev–Trinajstić information content (AvgIpc) is 2.94. The molecule has 3 rings (SSSR count). The van der Waals surface area contributed by atoms with Crippen molar-refractivity contribution >= 4 is 27.0 Å². The van der Waals surface area contributed by atoms with Crippen LogP contribution in [0.4, 0.5) is 0 Å². The van der Waals surface area contributed by atoms with E-state index in [0.717, 1.165) is 30.0 Å². The molecule has 1 aromatic carbocycles. The highest BCUT2D eigenvalue weighted by Gasteiger charge is 2.25. The van der Waals surface area contributed by atoms with E-state index >= 15 is 0 Å². The van der Waals surface area contributed by atoms with E-state index in [4.69, 9.17) is 4.42 Å². The average molecular weight is 367 g/mol. The largest absolute Gasteiger partial charge is 0.417 e. The van der Waals surface area contributed by atoms with Crippen LogP contribution < -0.4 is 11.1 Å². The van der Waals surface area contributed by atoms with Gasteiger partial charge in [-0.3, -0.25) is 9.78 Å². The van der Waals surface area contributed by atoms with Crippen molar-refractivity contribution in [3.63, 3.8) is 0 Å². The third kappa shape index (κ3) is 3.93. The number of likely N-dealkylation sites (N-methyl/N-ethyl adjacent to an activating group) is 1. The lowest BCUT2D eigenvalue weighted by atomic mass is 9.95. The van der Waals surface area contributed by atoms with Gasteiger partial charge in [0.15, 0.2) is 5.58 Å². The summed E-state index contributed by atoms with van der Waals surface area (Å²) >= 11 is 0. The van der Waals surface area contributed by atoms with Crippen LogP contribution >= 0.6 is 0 Å². The Labute approximate surface area is 145 Å². The van der Waals surface area contributed by atoms with Crippen LogP contribution in [0.25, 0.3) is 11.1 Å². The molecular formula is C16H21N3O5S. The smallest absolute Gasteiger partial charge is 0.408 e. The number of aromatic amines is 1. The number of amides is 1. The maximum absolute atomic E-state index is 12.6. The maximum atomic E-state index is 12.6. The topological polar surface area (TPSA) is 112 Å². The van der Waals surface area contributed by atoms with E-state index in [2.05, 4.69) is 10.3 Å². The van der Waals surface area contributed by atoms with Crippen molar-refractivity contribution in [2.75, 3.05) is 13.6 Å². The second-order valence-electron chi connectivity index (χ2n) is 6.34. The molecular weight excluding hydrogens is 346 g/mol. The summed E-state index contributed by atoms with van der Waals surface area (Å²) < 4.78 is 31.1. The first-order valence-corrected chi connectivity index (χ1v) is 9.69. The Morgan fingerprint density at radius 1 is 1.32 bits per heavy atom. The number of carbonyl (C=O) groups is 1. The number of hydrogen-bond donors (Lipinski definition) is 2. The molecule has 8 nitrogen and oxygen atoms in total. The highest BCUT2D eigenvalue weighted by molar-refractivity contribution is 7.89. The van der Waals surface area contributed by atoms with Gasteiger partial charge in [-0.1, -0.05) is 19.3 Å². The van der Waals surface area contributed by atoms with Crippen LogP contribution in [0.2, 0.25) is 0 Å². The van der Waals surface area contributed by atoms with Crippen LogP contribution in [-0.2, 0) is 14.8 Å². The Balaban J connectivity index is 1.71. The van der Waals surface area contributed by atoms with Crippen LogP contribution in [-0.4, -0.2) is 43.2 Å². The van der Waals surface area contributed by atoms with E-state index in [-0.39, 0.29) is 29.0 Å². The van der Waals surface area contributed by atoms with Gasteiger partial charge in [-0.05, 0) is 25.0 Å². The molecule has 1 saturated carbocycles. The molecule has 2 aromatic rings. The Morgan fingerprint density at radius 2 is 2.04 bits per heavy atom. The Kier molecular flexibility index (Phi) is 4.96. The quantitative estimate of drug-likeness (QED) is 0.824. The molecule has 0 aliphatic heterocycles. The number of oxazole rings is 1. The van der Waals surface area contributed by atoms with Crippen LogP contribution in [0.3, 0.4) is 0 Å². The third-order valence-corrected chi connectivity index (χ3v) is 6.24.